The summed E-state index contributed by atoms with van der Waals surface area (Å²) in [7, 11) is -4.27. The third kappa shape index (κ3) is 9.86. The number of hydrogen-bond acceptors (Lipinski definition) is 4. The molecule has 0 saturated carbocycles. The molecule has 168 valence electrons. The molecule has 0 fully saturated rings. The van der Waals surface area contributed by atoms with Crippen molar-refractivity contribution in [1.29, 1.82) is 0 Å². The van der Waals surface area contributed by atoms with E-state index < -0.39 is 10.1 Å². The van der Waals surface area contributed by atoms with Gasteiger partial charge in [-0.25, -0.2) is 8.42 Å². The van der Waals surface area contributed by atoms with E-state index >= 15 is 0 Å². The molecular weight excluding hydrogens is 535 g/mol. The van der Waals surface area contributed by atoms with Crippen LogP contribution >= 0.6 is 0 Å². The van der Waals surface area contributed by atoms with Gasteiger partial charge in [0.2, 0.25) is 3.57 Å². The van der Waals surface area contributed by atoms with Gasteiger partial charge in [-0.1, -0.05) is 56.2 Å². The highest BCUT2D eigenvalue weighted by Gasteiger charge is 2.06. The highest BCUT2D eigenvalue weighted by atomic mass is 127. The van der Waals surface area contributed by atoms with Gasteiger partial charge in [-0.2, -0.15) is 0 Å². The Morgan fingerprint density at radius 2 is 1.59 bits per heavy atom. The maximum Gasteiger partial charge on any atom is 0.420 e. The Bertz CT molecular complexity index is 1110. The van der Waals surface area contributed by atoms with Crippen molar-refractivity contribution in [3.8, 4) is 15.6 Å². The van der Waals surface area contributed by atoms with Crippen molar-refractivity contribution in [2.24, 2.45) is 5.92 Å². The van der Waals surface area contributed by atoms with Gasteiger partial charge in [-0.3, -0.25) is 0 Å². The smallest absolute Gasteiger partial charge is 0.420 e. The molecular formula is C26H27IO4S. The minimum absolute atomic E-state index is 0.178. The van der Waals surface area contributed by atoms with Crippen molar-refractivity contribution in [3.63, 3.8) is 0 Å². The minimum atomic E-state index is -4.27. The van der Waals surface area contributed by atoms with Gasteiger partial charge in [-0.05, 0) is 67.3 Å². The Kier molecular flexibility index (Phi) is 10.7. The molecule has 0 saturated heterocycles. The molecule has 0 N–H and O–H groups in total. The summed E-state index contributed by atoms with van der Waals surface area (Å²) >= 11 is -0.218. The molecule has 32 heavy (non-hydrogen) atoms. The third-order valence-corrected chi connectivity index (χ3v) is 7.21. The number of ether oxygens (including phenoxy) is 1. The van der Waals surface area contributed by atoms with Gasteiger partial charge in [-0.15, -0.1) is 0 Å². The van der Waals surface area contributed by atoms with Crippen LogP contribution in [0, 0.1) is 26.3 Å². The van der Waals surface area contributed by atoms with Crippen LogP contribution in [0.3, 0.4) is 0 Å². The zero-order valence-electron chi connectivity index (χ0n) is 18.4. The van der Waals surface area contributed by atoms with E-state index in [0.29, 0.717) is 5.92 Å². The van der Waals surface area contributed by atoms with E-state index in [4.69, 9.17) is 4.74 Å². The van der Waals surface area contributed by atoms with Gasteiger partial charge >= 0.3 is 21.2 Å². The first-order valence-electron chi connectivity index (χ1n) is 10.2. The molecule has 0 aliphatic rings. The highest BCUT2D eigenvalue weighted by molar-refractivity contribution is 7.85. The normalized spacial score (nSPS) is 11.4. The first-order valence-corrected chi connectivity index (χ1v) is 13.8. The molecule has 0 heterocycles. The van der Waals surface area contributed by atoms with Crippen molar-refractivity contribution in [3.05, 3.63) is 93.6 Å². The number of aryl methyl sites for hydroxylation is 1. The fraction of sp³-hybridized carbons (Fsp3) is 0.231. The predicted octanol–water partition coefficient (Wildman–Crippen LogP) is 2.28. The Balaban J connectivity index is 0.000000278. The minimum Gasteiger partial charge on any atom is -0.744 e. The molecule has 3 aromatic rings. The molecule has 0 aromatic heterocycles. The lowest BCUT2D eigenvalue weighted by atomic mass is 10.1. The van der Waals surface area contributed by atoms with E-state index in [1.165, 1.54) is 15.7 Å². The molecule has 3 aromatic carbocycles. The largest absolute Gasteiger partial charge is 0.744 e. The molecule has 0 amide bonds. The maximum absolute atomic E-state index is 10.4. The van der Waals surface area contributed by atoms with Crippen LogP contribution in [0.15, 0.2) is 83.8 Å². The second kappa shape index (κ2) is 13.3. The summed E-state index contributed by atoms with van der Waals surface area (Å²) in [4.78, 5) is -0.178. The molecule has 0 aliphatic heterocycles. The number of benzene rings is 3. The molecule has 1 atom stereocenters. The van der Waals surface area contributed by atoms with Crippen molar-refractivity contribution in [2.45, 2.75) is 32.1 Å². The van der Waals surface area contributed by atoms with Gasteiger partial charge in [0.1, 0.15) is 15.9 Å². The summed E-state index contributed by atoms with van der Waals surface area (Å²) in [6.45, 7) is 6.98. The topological polar surface area (TPSA) is 66.4 Å². The zero-order chi connectivity index (χ0) is 23.4. The molecule has 0 aliphatic carbocycles. The molecule has 6 heteroatoms. The summed E-state index contributed by atoms with van der Waals surface area (Å²) in [5, 5.41) is 0. The number of rotatable bonds is 6. The summed E-state index contributed by atoms with van der Waals surface area (Å²) in [6.07, 6.45) is 1.15. The van der Waals surface area contributed by atoms with Crippen LogP contribution < -0.4 is 25.9 Å². The lowest BCUT2D eigenvalue weighted by Crippen LogP contribution is -3.59. The van der Waals surface area contributed by atoms with Crippen molar-refractivity contribution >= 4 is 10.1 Å². The molecule has 3 rings (SSSR count). The average molecular weight is 562 g/mol. The van der Waals surface area contributed by atoms with Gasteiger partial charge in [0.05, 0.1) is 11.5 Å². The van der Waals surface area contributed by atoms with Crippen molar-refractivity contribution < 1.29 is 38.9 Å². The number of halogens is 1. The van der Waals surface area contributed by atoms with E-state index in [1.807, 2.05) is 37.3 Å². The van der Waals surface area contributed by atoms with Crippen molar-refractivity contribution in [2.75, 3.05) is 6.61 Å². The van der Waals surface area contributed by atoms with E-state index in [9.17, 15) is 13.0 Å². The van der Waals surface area contributed by atoms with Crippen LogP contribution in [-0.2, 0) is 10.1 Å². The van der Waals surface area contributed by atoms with Crippen LogP contribution in [0.25, 0.3) is 0 Å². The molecule has 0 unspecified atom stereocenters. The van der Waals surface area contributed by atoms with Crippen LogP contribution in [0.2, 0.25) is 0 Å². The summed E-state index contributed by atoms with van der Waals surface area (Å²) in [5.74, 6) is 4.77. The van der Waals surface area contributed by atoms with Gasteiger partial charge in [0.15, 0.2) is 3.93 Å². The maximum atomic E-state index is 10.4. The fourth-order valence-corrected chi connectivity index (χ4v) is 4.31. The van der Waals surface area contributed by atoms with E-state index in [0.717, 1.165) is 29.9 Å². The van der Waals surface area contributed by atoms with Gasteiger partial charge in [0, 0.05) is 5.56 Å². The first kappa shape index (κ1) is 25.9. The Morgan fingerprint density at radius 1 is 0.969 bits per heavy atom. The summed E-state index contributed by atoms with van der Waals surface area (Å²) in [6, 6.07) is 24.3. The average Bonchev–Trinajstić information content (AvgIpc) is 2.79. The predicted molar refractivity (Wildman–Crippen MR) is 123 cm³/mol. The quantitative estimate of drug-likeness (QED) is 0.263. The van der Waals surface area contributed by atoms with E-state index in [-0.39, 0.29) is 26.1 Å². The van der Waals surface area contributed by atoms with E-state index in [2.05, 4.69) is 48.0 Å². The van der Waals surface area contributed by atoms with Gasteiger partial charge < -0.3 is 9.29 Å². The standard InChI is InChI=1S/C19H20IO.C7H8O3S/c1-3-16(2)15-21-19-11-9-17(10-12-19)13-14-20-18-7-5-4-6-8-18;1-6-2-4-7(5-3-6)11(8,9)10/h4-12,16H,3,15H2,1-2H3;2-5H,1H3,(H,8,9,10)/q+1;/p-1/t16-;/m0./s1. The monoisotopic (exact) mass is 562 g/mol. The van der Waals surface area contributed by atoms with E-state index in [1.54, 1.807) is 12.1 Å². The van der Waals surface area contributed by atoms with Gasteiger partial charge in [0.25, 0.3) is 0 Å². The fourth-order valence-electron chi connectivity index (χ4n) is 2.31. The molecule has 0 bridgehead atoms. The first-order chi connectivity index (χ1) is 15.3. The molecule has 4 nitrogen and oxygen atoms in total. The SMILES string of the molecule is CC[C@H](C)COc1ccc(C#C[I+]c2ccccc2)cc1.Cc1ccc(S(=O)(=O)[O-])cc1. The molecule has 0 spiro atoms. The lowest BCUT2D eigenvalue weighted by molar-refractivity contribution is -0.535. The Morgan fingerprint density at radius 3 is 2.16 bits per heavy atom. The second-order valence-corrected chi connectivity index (χ2v) is 10.9. The van der Waals surface area contributed by atoms with Crippen LogP contribution in [0.5, 0.6) is 5.75 Å². The zero-order valence-corrected chi connectivity index (χ0v) is 21.4. The Labute approximate surface area is 202 Å². The lowest BCUT2D eigenvalue weighted by Gasteiger charge is -2.10. The van der Waals surface area contributed by atoms with Crippen LogP contribution in [-0.4, -0.2) is 19.6 Å². The molecule has 0 radical (unpaired) electrons. The van der Waals surface area contributed by atoms with Crippen LogP contribution in [0.4, 0.5) is 0 Å². The number of hydrogen-bond donors (Lipinski definition) is 0. The Hall–Kier alpha value is -2.34. The van der Waals surface area contributed by atoms with Crippen LogP contribution in [0.1, 0.15) is 31.4 Å². The third-order valence-electron chi connectivity index (χ3n) is 4.48. The van der Waals surface area contributed by atoms with Crippen molar-refractivity contribution in [1.82, 2.24) is 0 Å². The summed E-state index contributed by atoms with van der Waals surface area (Å²) in [5.41, 5.74) is 1.99. The second-order valence-electron chi connectivity index (χ2n) is 7.23. The highest BCUT2D eigenvalue weighted by Crippen LogP contribution is 2.13. The summed E-state index contributed by atoms with van der Waals surface area (Å²) < 4.78 is 41.6.